The standard InChI is InChI=1S/C15H25F3N2S/c1-4-7-20(11-15(16,17)18)10-14-6-5-13(21-14)9-19-8-12(2)3/h5-6,12,19H,4,7-11H2,1-3H3. The van der Waals surface area contributed by atoms with Crippen molar-refractivity contribution in [3.63, 3.8) is 0 Å². The molecule has 1 N–H and O–H groups in total. The second-order valence-corrected chi connectivity index (χ2v) is 6.97. The average Bonchev–Trinajstić information content (AvgIpc) is 2.74. The minimum Gasteiger partial charge on any atom is -0.312 e. The fourth-order valence-corrected chi connectivity index (χ4v) is 3.12. The molecule has 0 radical (unpaired) electrons. The van der Waals surface area contributed by atoms with Gasteiger partial charge in [0, 0.05) is 22.8 Å². The topological polar surface area (TPSA) is 15.3 Å². The summed E-state index contributed by atoms with van der Waals surface area (Å²) in [5, 5.41) is 3.35. The first-order chi connectivity index (χ1) is 9.80. The van der Waals surface area contributed by atoms with Crippen LogP contribution in [0.3, 0.4) is 0 Å². The Hall–Kier alpha value is -0.590. The molecule has 1 heterocycles. The van der Waals surface area contributed by atoms with Gasteiger partial charge < -0.3 is 5.32 Å². The maximum Gasteiger partial charge on any atom is 0.401 e. The SMILES string of the molecule is CCCN(Cc1ccc(CNCC(C)C)s1)CC(F)(F)F. The molecule has 0 aliphatic rings. The fourth-order valence-electron chi connectivity index (χ4n) is 2.09. The molecule has 0 saturated carbocycles. The Bertz CT molecular complexity index is 402. The maximum atomic E-state index is 12.5. The molecule has 0 aliphatic carbocycles. The molecule has 2 nitrogen and oxygen atoms in total. The van der Waals surface area contributed by atoms with Crippen molar-refractivity contribution in [1.82, 2.24) is 10.2 Å². The van der Waals surface area contributed by atoms with Crippen LogP contribution in [0, 0.1) is 5.92 Å². The smallest absolute Gasteiger partial charge is 0.312 e. The molecule has 0 spiro atoms. The Morgan fingerprint density at radius 1 is 1.24 bits per heavy atom. The number of hydrogen-bond donors (Lipinski definition) is 1. The lowest BCUT2D eigenvalue weighted by Gasteiger charge is -2.22. The van der Waals surface area contributed by atoms with Gasteiger partial charge in [0.2, 0.25) is 0 Å². The normalized spacial score (nSPS) is 12.6. The molecule has 0 aromatic carbocycles. The first-order valence-electron chi connectivity index (χ1n) is 7.37. The first-order valence-corrected chi connectivity index (χ1v) is 8.19. The molecule has 0 unspecified atom stereocenters. The van der Waals surface area contributed by atoms with E-state index >= 15 is 0 Å². The number of thiophene rings is 1. The fraction of sp³-hybridized carbons (Fsp3) is 0.733. The molecule has 0 bridgehead atoms. The minimum absolute atomic E-state index is 0.377. The second kappa shape index (κ2) is 8.76. The molecule has 0 amide bonds. The Labute approximate surface area is 129 Å². The highest BCUT2D eigenvalue weighted by atomic mass is 32.1. The number of hydrogen-bond acceptors (Lipinski definition) is 3. The molecule has 0 aliphatic heterocycles. The minimum atomic E-state index is -4.13. The van der Waals surface area contributed by atoms with Crippen LogP contribution >= 0.6 is 11.3 Å². The van der Waals surface area contributed by atoms with E-state index in [4.69, 9.17) is 0 Å². The summed E-state index contributed by atoms with van der Waals surface area (Å²) in [6, 6.07) is 3.95. The van der Waals surface area contributed by atoms with Crippen LogP contribution in [0.1, 0.15) is 36.9 Å². The van der Waals surface area contributed by atoms with Gasteiger partial charge in [-0.3, -0.25) is 4.90 Å². The molecule has 122 valence electrons. The first kappa shape index (κ1) is 18.5. The van der Waals surface area contributed by atoms with E-state index in [0.717, 1.165) is 24.4 Å². The van der Waals surface area contributed by atoms with Gasteiger partial charge in [-0.2, -0.15) is 13.2 Å². The van der Waals surface area contributed by atoms with Crippen LogP contribution in [0.2, 0.25) is 0 Å². The van der Waals surface area contributed by atoms with Gasteiger partial charge in [0.05, 0.1) is 6.54 Å². The summed E-state index contributed by atoms with van der Waals surface area (Å²) in [5.74, 6) is 0.594. The van der Waals surface area contributed by atoms with Crippen molar-refractivity contribution in [2.75, 3.05) is 19.6 Å². The number of halogens is 3. The molecule has 21 heavy (non-hydrogen) atoms. The van der Waals surface area contributed by atoms with Gasteiger partial charge in [-0.15, -0.1) is 11.3 Å². The van der Waals surface area contributed by atoms with Crippen molar-refractivity contribution in [2.24, 2.45) is 5.92 Å². The molecular weight excluding hydrogens is 297 g/mol. The largest absolute Gasteiger partial charge is 0.401 e. The lowest BCUT2D eigenvalue weighted by molar-refractivity contribution is -0.147. The Kier molecular flexibility index (Phi) is 7.70. The molecule has 1 rings (SSSR count). The summed E-state index contributed by atoms with van der Waals surface area (Å²) in [4.78, 5) is 3.64. The van der Waals surface area contributed by atoms with E-state index in [-0.39, 0.29) is 0 Å². The number of alkyl halides is 3. The monoisotopic (exact) mass is 322 g/mol. The summed E-state index contributed by atoms with van der Waals surface area (Å²) in [7, 11) is 0. The average molecular weight is 322 g/mol. The highest BCUT2D eigenvalue weighted by molar-refractivity contribution is 7.11. The van der Waals surface area contributed by atoms with E-state index in [0.29, 0.717) is 19.0 Å². The van der Waals surface area contributed by atoms with Crippen LogP contribution in [-0.2, 0) is 13.1 Å². The van der Waals surface area contributed by atoms with Crippen LogP contribution in [0.15, 0.2) is 12.1 Å². The van der Waals surface area contributed by atoms with Gasteiger partial charge in [-0.1, -0.05) is 20.8 Å². The predicted octanol–water partition coefficient (Wildman–Crippen LogP) is 4.27. The number of nitrogens with one attached hydrogen (secondary N) is 1. The molecule has 1 aromatic rings. The van der Waals surface area contributed by atoms with E-state index in [1.165, 1.54) is 9.78 Å². The molecule has 0 saturated heterocycles. The van der Waals surface area contributed by atoms with Crippen molar-refractivity contribution in [3.8, 4) is 0 Å². The zero-order valence-corrected chi connectivity index (χ0v) is 13.8. The highest BCUT2D eigenvalue weighted by Crippen LogP contribution is 2.22. The number of rotatable bonds is 9. The highest BCUT2D eigenvalue weighted by Gasteiger charge is 2.30. The Balaban J connectivity index is 2.50. The van der Waals surface area contributed by atoms with E-state index in [1.54, 1.807) is 11.3 Å². The van der Waals surface area contributed by atoms with Gasteiger partial charge in [-0.25, -0.2) is 0 Å². The number of nitrogens with zero attached hydrogens (tertiary/aromatic N) is 1. The zero-order valence-electron chi connectivity index (χ0n) is 13.0. The Morgan fingerprint density at radius 3 is 2.48 bits per heavy atom. The van der Waals surface area contributed by atoms with Gasteiger partial charge in [0.25, 0.3) is 0 Å². The summed E-state index contributed by atoms with van der Waals surface area (Å²) < 4.78 is 37.6. The van der Waals surface area contributed by atoms with Gasteiger partial charge in [0.15, 0.2) is 0 Å². The summed E-state index contributed by atoms with van der Waals surface area (Å²) >= 11 is 1.59. The predicted molar refractivity (Wildman–Crippen MR) is 82.5 cm³/mol. The van der Waals surface area contributed by atoms with Gasteiger partial charge in [0.1, 0.15) is 0 Å². The lowest BCUT2D eigenvalue weighted by atomic mass is 10.2. The van der Waals surface area contributed by atoms with Crippen LogP contribution < -0.4 is 5.32 Å². The summed E-state index contributed by atoms with van der Waals surface area (Å²) in [6.45, 7) is 7.94. The maximum absolute atomic E-state index is 12.5. The summed E-state index contributed by atoms with van der Waals surface area (Å²) in [5.41, 5.74) is 0. The van der Waals surface area contributed by atoms with E-state index in [1.807, 2.05) is 19.1 Å². The third kappa shape index (κ3) is 8.44. The van der Waals surface area contributed by atoms with E-state index in [9.17, 15) is 13.2 Å². The molecule has 6 heteroatoms. The molecule has 0 fully saturated rings. The lowest BCUT2D eigenvalue weighted by Crippen LogP contribution is -2.34. The van der Waals surface area contributed by atoms with Crippen molar-refractivity contribution in [3.05, 3.63) is 21.9 Å². The summed E-state index contributed by atoms with van der Waals surface area (Å²) in [6.07, 6.45) is -3.40. The van der Waals surface area contributed by atoms with Crippen molar-refractivity contribution < 1.29 is 13.2 Å². The zero-order chi connectivity index (χ0) is 15.9. The van der Waals surface area contributed by atoms with E-state index in [2.05, 4.69) is 19.2 Å². The molecule has 1 aromatic heterocycles. The van der Waals surface area contributed by atoms with Crippen molar-refractivity contribution in [2.45, 2.75) is 46.5 Å². The van der Waals surface area contributed by atoms with Crippen LogP contribution in [-0.4, -0.2) is 30.7 Å². The second-order valence-electron chi connectivity index (χ2n) is 5.72. The van der Waals surface area contributed by atoms with Crippen molar-refractivity contribution >= 4 is 11.3 Å². The molecule has 0 atom stereocenters. The van der Waals surface area contributed by atoms with Crippen LogP contribution in [0.5, 0.6) is 0 Å². The molecular formula is C15H25F3N2S. The van der Waals surface area contributed by atoms with Crippen LogP contribution in [0.25, 0.3) is 0 Å². The third-order valence-corrected chi connectivity index (χ3v) is 3.96. The van der Waals surface area contributed by atoms with E-state index < -0.39 is 12.7 Å². The third-order valence-electron chi connectivity index (χ3n) is 2.89. The van der Waals surface area contributed by atoms with Crippen LogP contribution in [0.4, 0.5) is 13.2 Å². The van der Waals surface area contributed by atoms with Gasteiger partial charge in [-0.05, 0) is 37.6 Å². The Morgan fingerprint density at radius 2 is 1.90 bits per heavy atom. The van der Waals surface area contributed by atoms with Gasteiger partial charge >= 0.3 is 6.18 Å². The quantitative estimate of drug-likeness (QED) is 0.730. The van der Waals surface area contributed by atoms with Crippen molar-refractivity contribution in [1.29, 1.82) is 0 Å².